The molecule has 0 spiro atoms. The van der Waals surface area contributed by atoms with Gasteiger partial charge in [0.05, 0.1) is 11.6 Å². The molecular weight excluding hydrogens is 322 g/mol. The molecule has 2 N–H and O–H groups in total. The zero-order chi connectivity index (χ0) is 14.7. The molecule has 104 valence electrons. The second-order valence-corrected chi connectivity index (χ2v) is 5.16. The molecule has 0 aliphatic carbocycles. The third-order valence-corrected chi connectivity index (χ3v) is 3.47. The van der Waals surface area contributed by atoms with E-state index in [0.717, 1.165) is 0 Å². The van der Waals surface area contributed by atoms with Gasteiger partial charge in [-0.1, -0.05) is 0 Å². The molecule has 0 saturated heterocycles. The molecule has 0 aliphatic rings. The van der Waals surface area contributed by atoms with Crippen molar-refractivity contribution < 1.29 is 14.6 Å². The lowest BCUT2D eigenvalue weighted by atomic mass is 10.1. The second kappa shape index (κ2) is 5.96. The van der Waals surface area contributed by atoms with E-state index in [9.17, 15) is 9.90 Å². The Morgan fingerprint density at radius 2 is 1.90 bits per heavy atom. The first-order valence-electron chi connectivity index (χ1n) is 5.96. The highest BCUT2D eigenvalue weighted by atomic mass is 79.9. The van der Waals surface area contributed by atoms with E-state index in [1.165, 1.54) is 0 Å². The van der Waals surface area contributed by atoms with Crippen LogP contribution in [0.3, 0.4) is 0 Å². The molecule has 0 heterocycles. The summed E-state index contributed by atoms with van der Waals surface area (Å²) in [6.45, 7) is 1.77. The first-order chi connectivity index (χ1) is 9.51. The van der Waals surface area contributed by atoms with Crippen molar-refractivity contribution in [2.75, 3.05) is 12.4 Å². The maximum atomic E-state index is 12.1. The highest BCUT2D eigenvalue weighted by molar-refractivity contribution is 9.10. The van der Waals surface area contributed by atoms with Crippen LogP contribution in [0.15, 0.2) is 40.9 Å². The molecule has 0 unspecified atom stereocenters. The van der Waals surface area contributed by atoms with Crippen LogP contribution >= 0.6 is 15.9 Å². The summed E-state index contributed by atoms with van der Waals surface area (Å²) in [5.74, 6) is 0.655. The van der Waals surface area contributed by atoms with Gasteiger partial charge in [0.2, 0.25) is 0 Å². The number of aryl methyl sites for hydroxylation is 1. The van der Waals surface area contributed by atoms with Gasteiger partial charge in [-0.05, 0) is 64.8 Å². The van der Waals surface area contributed by atoms with Crippen LogP contribution in [0.4, 0.5) is 5.69 Å². The minimum Gasteiger partial charge on any atom is -0.506 e. The fraction of sp³-hybridized carbons (Fsp3) is 0.133. The summed E-state index contributed by atoms with van der Waals surface area (Å²) >= 11 is 3.24. The Labute approximate surface area is 125 Å². The highest BCUT2D eigenvalue weighted by Crippen LogP contribution is 2.31. The Balaban J connectivity index is 2.18. The maximum Gasteiger partial charge on any atom is 0.255 e. The van der Waals surface area contributed by atoms with Crippen molar-refractivity contribution in [2.45, 2.75) is 6.92 Å². The molecule has 0 bridgehead atoms. The zero-order valence-electron chi connectivity index (χ0n) is 11.1. The number of halogens is 1. The number of hydrogen-bond acceptors (Lipinski definition) is 3. The van der Waals surface area contributed by atoms with E-state index in [2.05, 4.69) is 21.2 Å². The molecule has 1 amide bonds. The van der Waals surface area contributed by atoms with E-state index in [0.29, 0.717) is 27.0 Å². The third kappa shape index (κ3) is 3.11. The summed E-state index contributed by atoms with van der Waals surface area (Å²) in [6, 6.07) is 10.2. The third-order valence-electron chi connectivity index (χ3n) is 2.86. The van der Waals surface area contributed by atoms with Gasteiger partial charge in [-0.15, -0.1) is 0 Å². The number of amides is 1. The van der Waals surface area contributed by atoms with Crippen LogP contribution in [-0.4, -0.2) is 18.1 Å². The molecule has 20 heavy (non-hydrogen) atoms. The van der Waals surface area contributed by atoms with Crippen LogP contribution in [0.1, 0.15) is 15.9 Å². The Hall–Kier alpha value is -2.01. The van der Waals surface area contributed by atoms with Gasteiger partial charge in [0, 0.05) is 11.3 Å². The molecule has 0 atom stereocenters. The SMILES string of the molecule is COc1ccc(C(=O)Nc2cc(C)c(O)c(Br)c2)cc1. The van der Waals surface area contributed by atoms with Crippen LogP contribution < -0.4 is 10.1 Å². The maximum absolute atomic E-state index is 12.1. The van der Waals surface area contributed by atoms with Gasteiger partial charge in [-0.3, -0.25) is 4.79 Å². The van der Waals surface area contributed by atoms with Gasteiger partial charge in [0.15, 0.2) is 0 Å². The van der Waals surface area contributed by atoms with E-state index in [4.69, 9.17) is 4.74 Å². The monoisotopic (exact) mass is 335 g/mol. The number of carbonyl (C=O) groups excluding carboxylic acids is 1. The van der Waals surface area contributed by atoms with Gasteiger partial charge in [0.25, 0.3) is 5.91 Å². The van der Waals surface area contributed by atoms with Crippen molar-refractivity contribution in [3.05, 3.63) is 52.0 Å². The van der Waals surface area contributed by atoms with E-state index in [1.54, 1.807) is 50.4 Å². The van der Waals surface area contributed by atoms with Crippen LogP contribution in [-0.2, 0) is 0 Å². The lowest BCUT2D eigenvalue weighted by molar-refractivity contribution is 0.102. The largest absolute Gasteiger partial charge is 0.506 e. The number of aromatic hydroxyl groups is 1. The fourth-order valence-electron chi connectivity index (χ4n) is 1.75. The number of hydrogen-bond donors (Lipinski definition) is 2. The number of anilines is 1. The molecule has 2 aromatic carbocycles. The molecule has 0 saturated carbocycles. The van der Waals surface area contributed by atoms with Gasteiger partial charge in [-0.25, -0.2) is 0 Å². The molecule has 2 aromatic rings. The summed E-state index contributed by atoms with van der Waals surface area (Å²) in [5, 5.41) is 12.4. The number of phenolic OH excluding ortho intramolecular Hbond substituents is 1. The molecular formula is C15H14BrNO3. The summed E-state index contributed by atoms with van der Waals surface area (Å²) in [5.41, 5.74) is 1.84. The smallest absolute Gasteiger partial charge is 0.255 e. The van der Waals surface area contributed by atoms with E-state index in [1.807, 2.05) is 0 Å². The van der Waals surface area contributed by atoms with Gasteiger partial charge in [-0.2, -0.15) is 0 Å². The lowest BCUT2D eigenvalue weighted by Crippen LogP contribution is -2.11. The Kier molecular flexibility index (Phi) is 4.29. The predicted octanol–water partition coefficient (Wildman–Crippen LogP) is 3.72. The number of methoxy groups -OCH3 is 1. The van der Waals surface area contributed by atoms with Crippen molar-refractivity contribution in [2.24, 2.45) is 0 Å². The van der Waals surface area contributed by atoms with Crippen molar-refractivity contribution in [1.82, 2.24) is 0 Å². The van der Waals surface area contributed by atoms with Crippen molar-refractivity contribution in [3.8, 4) is 11.5 Å². The normalized spacial score (nSPS) is 10.2. The number of nitrogens with one attached hydrogen (secondary N) is 1. The second-order valence-electron chi connectivity index (χ2n) is 4.31. The summed E-state index contributed by atoms with van der Waals surface area (Å²) in [6.07, 6.45) is 0. The molecule has 0 aromatic heterocycles. The fourth-order valence-corrected chi connectivity index (χ4v) is 2.31. The molecule has 5 heteroatoms. The Morgan fingerprint density at radius 1 is 1.25 bits per heavy atom. The van der Waals surface area contributed by atoms with Crippen molar-refractivity contribution in [1.29, 1.82) is 0 Å². The topological polar surface area (TPSA) is 58.6 Å². The molecule has 4 nitrogen and oxygen atoms in total. The zero-order valence-corrected chi connectivity index (χ0v) is 12.7. The van der Waals surface area contributed by atoms with E-state index in [-0.39, 0.29) is 11.7 Å². The van der Waals surface area contributed by atoms with Gasteiger partial charge < -0.3 is 15.2 Å². The molecule has 0 aliphatic heterocycles. The first kappa shape index (κ1) is 14.4. The average molecular weight is 336 g/mol. The lowest BCUT2D eigenvalue weighted by Gasteiger charge is -2.09. The highest BCUT2D eigenvalue weighted by Gasteiger charge is 2.09. The predicted molar refractivity (Wildman–Crippen MR) is 81.5 cm³/mol. The molecule has 0 fully saturated rings. The quantitative estimate of drug-likeness (QED) is 0.840. The minimum atomic E-state index is -0.218. The van der Waals surface area contributed by atoms with Gasteiger partial charge in [0.1, 0.15) is 11.5 Å². The number of phenols is 1. The van der Waals surface area contributed by atoms with Crippen LogP contribution in [0.5, 0.6) is 11.5 Å². The van der Waals surface area contributed by atoms with Gasteiger partial charge >= 0.3 is 0 Å². The Morgan fingerprint density at radius 3 is 2.45 bits per heavy atom. The van der Waals surface area contributed by atoms with Crippen molar-refractivity contribution in [3.63, 3.8) is 0 Å². The summed E-state index contributed by atoms with van der Waals surface area (Å²) in [4.78, 5) is 12.1. The average Bonchev–Trinajstić information content (AvgIpc) is 2.44. The first-order valence-corrected chi connectivity index (χ1v) is 6.75. The number of carbonyl (C=O) groups is 1. The minimum absolute atomic E-state index is 0.174. The standard InChI is InChI=1S/C15H14BrNO3/c1-9-7-11(8-13(16)14(9)18)17-15(19)10-3-5-12(20-2)6-4-10/h3-8,18H,1-2H3,(H,17,19). The molecule has 0 radical (unpaired) electrons. The van der Waals surface area contributed by atoms with E-state index < -0.39 is 0 Å². The van der Waals surface area contributed by atoms with Crippen LogP contribution in [0.2, 0.25) is 0 Å². The van der Waals surface area contributed by atoms with Crippen LogP contribution in [0, 0.1) is 6.92 Å². The molecule has 2 rings (SSSR count). The van der Waals surface area contributed by atoms with E-state index >= 15 is 0 Å². The number of rotatable bonds is 3. The summed E-state index contributed by atoms with van der Waals surface area (Å²) in [7, 11) is 1.58. The number of ether oxygens (including phenoxy) is 1. The van der Waals surface area contributed by atoms with Crippen molar-refractivity contribution >= 4 is 27.5 Å². The summed E-state index contributed by atoms with van der Waals surface area (Å²) < 4.78 is 5.59. The van der Waals surface area contributed by atoms with Crippen LogP contribution in [0.25, 0.3) is 0 Å². The Bertz CT molecular complexity index is 615. The number of benzene rings is 2.